The highest BCUT2D eigenvalue weighted by molar-refractivity contribution is 5.78. The Bertz CT molecular complexity index is 61.1. The van der Waals surface area contributed by atoms with E-state index in [0.717, 1.165) is 12.8 Å². The second-order valence-electron chi connectivity index (χ2n) is 1.61. The van der Waals surface area contributed by atoms with Gasteiger partial charge in [-0.15, -0.1) is 0 Å². The summed E-state index contributed by atoms with van der Waals surface area (Å²) in [6, 6.07) is 0. The molecule has 2 N–H and O–H groups in total. The smallest absolute Gasteiger partial charge is 0.0434 e. The lowest BCUT2D eigenvalue weighted by atomic mass is 10.2. The molecule has 0 heterocycles. The second kappa shape index (κ2) is 3.81. The summed E-state index contributed by atoms with van der Waals surface area (Å²) < 4.78 is 0. The largest absolute Gasteiger partial charge is 0.396 e. The van der Waals surface area contributed by atoms with Crippen molar-refractivity contribution in [3.8, 4) is 0 Å². The van der Waals surface area contributed by atoms with Crippen molar-refractivity contribution in [3.05, 3.63) is 0 Å². The molecule has 42 valence electrons. The van der Waals surface area contributed by atoms with Crippen LogP contribution in [0.15, 0.2) is 0 Å². The minimum Gasteiger partial charge on any atom is -0.396 e. The fraction of sp³-hybridized carbons (Fsp3) is 0.800. The summed E-state index contributed by atoms with van der Waals surface area (Å²) >= 11 is 0. The highest BCUT2D eigenvalue weighted by atomic mass is 16.2. The summed E-state index contributed by atoms with van der Waals surface area (Å²) in [6.07, 6.45) is 1.46. The number of nitrogens with one attached hydrogen (secondary N) is 1. The predicted octanol–water partition coefficient (Wildman–Crippen LogP) is 0.799. The van der Waals surface area contributed by atoms with Crippen molar-refractivity contribution < 1.29 is 5.11 Å². The molecule has 0 radical (unpaired) electrons. The summed E-state index contributed by atoms with van der Waals surface area (Å²) in [6.45, 7) is 1.95. The van der Waals surface area contributed by atoms with Crippen LogP contribution < -0.4 is 0 Å². The van der Waals surface area contributed by atoms with E-state index in [9.17, 15) is 0 Å². The van der Waals surface area contributed by atoms with E-state index in [0.29, 0.717) is 5.71 Å². The van der Waals surface area contributed by atoms with Crippen molar-refractivity contribution in [2.24, 2.45) is 0 Å². The molecule has 0 saturated carbocycles. The number of aliphatic hydroxyl groups is 1. The third-order valence-electron chi connectivity index (χ3n) is 0.710. The first-order chi connectivity index (χ1) is 3.27. The number of hydrogen-bond donors (Lipinski definition) is 2. The molecule has 0 aliphatic carbocycles. The fourth-order valence-electron chi connectivity index (χ4n) is 0.344. The Morgan fingerprint density at radius 1 is 1.71 bits per heavy atom. The maximum Gasteiger partial charge on any atom is 0.0434 e. The van der Waals surface area contributed by atoms with Gasteiger partial charge in [-0.2, -0.15) is 0 Å². The quantitative estimate of drug-likeness (QED) is 0.507. The van der Waals surface area contributed by atoms with Gasteiger partial charge in [-0.05, 0) is 19.8 Å². The van der Waals surface area contributed by atoms with Crippen molar-refractivity contribution >= 4 is 5.71 Å². The molecular formula is C5H11NO. The first-order valence-corrected chi connectivity index (χ1v) is 2.42. The average Bonchev–Trinajstić information content (AvgIpc) is 1.61. The van der Waals surface area contributed by atoms with Crippen LogP contribution in [0.5, 0.6) is 0 Å². The van der Waals surface area contributed by atoms with Gasteiger partial charge >= 0.3 is 0 Å². The highest BCUT2D eigenvalue weighted by Gasteiger charge is 1.84. The molecule has 0 unspecified atom stereocenters. The number of rotatable bonds is 3. The van der Waals surface area contributed by atoms with E-state index in [1.54, 1.807) is 6.92 Å². The van der Waals surface area contributed by atoms with Crippen LogP contribution in [0.25, 0.3) is 0 Å². The molecule has 0 fully saturated rings. The summed E-state index contributed by atoms with van der Waals surface area (Å²) in [4.78, 5) is 0. The lowest BCUT2D eigenvalue weighted by Crippen LogP contribution is -1.90. The molecule has 0 aliphatic heterocycles. The minimum absolute atomic E-state index is 0.205. The molecule has 2 nitrogen and oxygen atoms in total. The van der Waals surface area contributed by atoms with E-state index < -0.39 is 0 Å². The molecule has 2 heteroatoms. The Balaban J connectivity index is 2.82. The summed E-state index contributed by atoms with van der Waals surface area (Å²) in [5.41, 5.74) is 0.647. The number of hydrogen-bond acceptors (Lipinski definition) is 2. The van der Waals surface area contributed by atoms with Crippen molar-refractivity contribution in [2.45, 2.75) is 19.8 Å². The molecule has 0 spiro atoms. The molecule has 0 aromatic carbocycles. The average molecular weight is 101 g/mol. The molecule has 0 aromatic rings. The molecular weight excluding hydrogens is 90.1 g/mol. The van der Waals surface area contributed by atoms with Crippen LogP contribution >= 0.6 is 0 Å². The molecule has 0 aliphatic rings. The van der Waals surface area contributed by atoms with Crippen LogP contribution in [0.2, 0.25) is 0 Å². The summed E-state index contributed by atoms with van der Waals surface area (Å²) in [5, 5.41) is 15.1. The zero-order valence-corrected chi connectivity index (χ0v) is 4.57. The van der Waals surface area contributed by atoms with Gasteiger partial charge in [0.25, 0.3) is 0 Å². The molecule has 0 aromatic heterocycles. The monoisotopic (exact) mass is 101 g/mol. The maximum atomic E-state index is 8.22. The van der Waals surface area contributed by atoms with Gasteiger partial charge in [0.2, 0.25) is 0 Å². The van der Waals surface area contributed by atoms with Crippen LogP contribution in [-0.4, -0.2) is 17.4 Å². The topological polar surface area (TPSA) is 44.1 Å². The molecule has 0 bridgehead atoms. The van der Waals surface area contributed by atoms with Crippen molar-refractivity contribution in [2.75, 3.05) is 6.61 Å². The molecule has 0 atom stereocenters. The zero-order valence-electron chi connectivity index (χ0n) is 4.57. The first-order valence-electron chi connectivity index (χ1n) is 2.42. The Morgan fingerprint density at radius 2 is 2.29 bits per heavy atom. The van der Waals surface area contributed by atoms with E-state index in [-0.39, 0.29) is 6.61 Å². The Labute approximate surface area is 43.7 Å². The van der Waals surface area contributed by atoms with E-state index in [2.05, 4.69) is 0 Å². The normalized spacial score (nSPS) is 8.86. The van der Waals surface area contributed by atoms with Gasteiger partial charge in [-0.1, -0.05) is 0 Å². The van der Waals surface area contributed by atoms with Gasteiger partial charge in [0.15, 0.2) is 0 Å². The third kappa shape index (κ3) is 5.63. The Hall–Kier alpha value is -0.370. The van der Waals surface area contributed by atoms with Crippen molar-refractivity contribution in [3.63, 3.8) is 0 Å². The van der Waals surface area contributed by atoms with Crippen LogP contribution in [-0.2, 0) is 0 Å². The van der Waals surface area contributed by atoms with E-state index in [1.165, 1.54) is 0 Å². The SMILES string of the molecule is CC(=N)CCCO. The lowest BCUT2D eigenvalue weighted by molar-refractivity contribution is 0.291. The van der Waals surface area contributed by atoms with E-state index >= 15 is 0 Å². The van der Waals surface area contributed by atoms with E-state index in [1.807, 2.05) is 0 Å². The second-order valence-corrected chi connectivity index (χ2v) is 1.61. The van der Waals surface area contributed by atoms with Gasteiger partial charge in [-0.3, -0.25) is 0 Å². The molecule has 0 saturated heterocycles. The third-order valence-corrected chi connectivity index (χ3v) is 0.710. The van der Waals surface area contributed by atoms with Gasteiger partial charge in [0, 0.05) is 12.3 Å². The van der Waals surface area contributed by atoms with E-state index in [4.69, 9.17) is 10.5 Å². The van der Waals surface area contributed by atoms with Crippen LogP contribution in [0.4, 0.5) is 0 Å². The summed E-state index contributed by atoms with van der Waals surface area (Å²) in [7, 11) is 0. The van der Waals surface area contributed by atoms with Gasteiger partial charge < -0.3 is 10.5 Å². The first kappa shape index (κ1) is 6.63. The Morgan fingerprint density at radius 3 is 2.43 bits per heavy atom. The highest BCUT2D eigenvalue weighted by Crippen LogP contribution is 1.86. The molecule has 0 rings (SSSR count). The fourth-order valence-corrected chi connectivity index (χ4v) is 0.344. The predicted molar refractivity (Wildman–Crippen MR) is 29.7 cm³/mol. The van der Waals surface area contributed by atoms with Gasteiger partial charge in [0.1, 0.15) is 0 Å². The molecule has 7 heavy (non-hydrogen) atoms. The van der Waals surface area contributed by atoms with Crippen LogP contribution in [0, 0.1) is 5.41 Å². The van der Waals surface area contributed by atoms with Gasteiger partial charge in [-0.25, -0.2) is 0 Å². The standard InChI is InChI=1S/C5H11NO/c1-5(6)3-2-4-7/h6-7H,2-4H2,1H3. The lowest BCUT2D eigenvalue weighted by Gasteiger charge is -1.89. The van der Waals surface area contributed by atoms with Crippen molar-refractivity contribution in [1.82, 2.24) is 0 Å². The molecule has 0 amide bonds. The summed E-state index contributed by atoms with van der Waals surface area (Å²) in [5.74, 6) is 0. The zero-order chi connectivity index (χ0) is 5.70. The maximum absolute atomic E-state index is 8.22. The minimum atomic E-state index is 0.205. The number of aliphatic hydroxyl groups excluding tert-OH is 1. The Kier molecular flexibility index (Phi) is 3.61. The van der Waals surface area contributed by atoms with Crippen LogP contribution in [0.1, 0.15) is 19.8 Å². The van der Waals surface area contributed by atoms with Gasteiger partial charge in [0.05, 0.1) is 0 Å². The van der Waals surface area contributed by atoms with Crippen molar-refractivity contribution in [1.29, 1.82) is 5.41 Å². The van der Waals surface area contributed by atoms with Crippen LogP contribution in [0.3, 0.4) is 0 Å².